The van der Waals surface area contributed by atoms with Gasteiger partial charge in [0, 0.05) is 10.2 Å². The van der Waals surface area contributed by atoms with E-state index < -0.39 is 0 Å². The maximum Gasteiger partial charge on any atom is 0.266 e. The van der Waals surface area contributed by atoms with Crippen molar-refractivity contribution < 1.29 is 0 Å². The molecular weight excluding hydrogens is 372 g/mol. The Labute approximate surface area is 147 Å². The standard InChI is InChI=1S/C18H17BrN2OS/c1-2-3-11-23-18-20-16-10-9-13(19)12-15(16)17(22)21(18)14-7-5-4-6-8-14/h4-10,12H,2-3,11H2,1H3. The minimum absolute atomic E-state index is 0.0264. The van der Waals surface area contributed by atoms with Crippen molar-refractivity contribution in [3.63, 3.8) is 0 Å². The third kappa shape index (κ3) is 3.51. The van der Waals surface area contributed by atoms with Gasteiger partial charge < -0.3 is 0 Å². The van der Waals surface area contributed by atoms with Crippen LogP contribution < -0.4 is 5.56 Å². The lowest BCUT2D eigenvalue weighted by atomic mass is 10.2. The van der Waals surface area contributed by atoms with E-state index >= 15 is 0 Å². The number of hydrogen-bond donors (Lipinski definition) is 0. The fourth-order valence-corrected chi connectivity index (χ4v) is 3.80. The molecule has 0 aliphatic carbocycles. The number of halogens is 1. The van der Waals surface area contributed by atoms with Gasteiger partial charge in [0.05, 0.1) is 16.6 Å². The molecule has 3 nitrogen and oxygen atoms in total. The highest BCUT2D eigenvalue weighted by Gasteiger charge is 2.13. The van der Waals surface area contributed by atoms with E-state index in [0.717, 1.165) is 39.4 Å². The normalized spacial score (nSPS) is 11.0. The van der Waals surface area contributed by atoms with Crippen molar-refractivity contribution in [1.29, 1.82) is 0 Å². The van der Waals surface area contributed by atoms with Gasteiger partial charge in [0.1, 0.15) is 0 Å². The van der Waals surface area contributed by atoms with Crippen LogP contribution in [0.15, 0.2) is 63.0 Å². The van der Waals surface area contributed by atoms with Gasteiger partial charge in [-0.2, -0.15) is 0 Å². The van der Waals surface area contributed by atoms with Gasteiger partial charge in [-0.25, -0.2) is 4.98 Å². The molecule has 23 heavy (non-hydrogen) atoms. The van der Waals surface area contributed by atoms with Crippen LogP contribution in [0.2, 0.25) is 0 Å². The lowest BCUT2D eigenvalue weighted by molar-refractivity contribution is 0.814. The number of aromatic nitrogens is 2. The Hall–Kier alpha value is -1.59. The predicted octanol–water partition coefficient (Wildman–Crippen LogP) is 5.04. The molecule has 3 rings (SSSR count). The molecule has 0 bridgehead atoms. The van der Waals surface area contributed by atoms with Gasteiger partial charge in [-0.3, -0.25) is 9.36 Å². The first-order valence-electron chi connectivity index (χ1n) is 7.61. The Morgan fingerprint density at radius 1 is 1.17 bits per heavy atom. The molecule has 1 aromatic heterocycles. The second-order valence-electron chi connectivity index (χ2n) is 5.23. The van der Waals surface area contributed by atoms with Crippen LogP contribution in [0.3, 0.4) is 0 Å². The number of para-hydroxylation sites is 1. The quantitative estimate of drug-likeness (QED) is 0.348. The van der Waals surface area contributed by atoms with Gasteiger partial charge in [-0.15, -0.1) is 0 Å². The molecular formula is C18H17BrN2OS. The molecule has 0 saturated heterocycles. The molecule has 0 fully saturated rings. The van der Waals surface area contributed by atoms with Gasteiger partial charge >= 0.3 is 0 Å². The maximum atomic E-state index is 13.0. The summed E-state index contributed by atoms with van der Waals surface area (Å²) in [6, 6.07) is 15.4. The highest BCUT2D eigenvalue weighted by molar-refractivity contribution is 9.10. The van der Waals surface area contributed by atoms with Gasteiger partial charge in [0.2, 0.25) is 0 Å². The lowest BCUT2D eigenvalue weighted by Crippen LogP contribution is -2.21. The summed E-state index contributed by atoms with van der Waals surface area (Å²) in [7, 11) is 0. The highest BCUT2D eigenvalue weighted by atomic mass is 79.9. The van der Waals surface area contributed by atoms with E-state index in [0.29, 0.717) is 5.39 Å². The van der Waals surface area contributed by atoms with E-state index in [2.05, 4.69) is 22.9 Å². The summed E-state index contributed by atoms with van der Waals surface area (Å²) >= 11 is 5.08. The van der Waals surface area contributed by atoms with Gasteiger partial charge in [0.25, 0.3) is 5.56 Å². The zero-order chi connectivity index (χ0) is 16.2. The number of fused-ring (bicyclic) bond motifs is 1. The van der Waals surface area contributed by atoms with Crippen LogP contribution in [0.25, 0.3) is 16.6 Å². The van der Waals surface area contributed by atoms with E-state index in [1.165, 1.54) is 0 Å². The first-order valence-corrected chi connectivity index (χ1v) is 9.39. The van der Waals surface area contributed by atoms with Crippen LogP contribution >= 0.6 is 27.7 Å². The molecule has 0 atom stereocenters. The third-order valence-corrected chi connectivity index (χ3v) is 5.06. The summed E-state index contributed by atoms with van der Waals surface area (Å²) in [6.07, 6.45) is 2.23. The molecule has 0 saturated carbocycles. The monoisotopic (exact) mass is 388 g/mol. The van der Waals surface area contributed by atoms with E-state index in [9.17, 15) is 4.79 Å². The first kappa shape index (κ1) is 16.3. The topological polar surface area (TPSA) is 34.9 Å². The molecule has 0 unspecified atom stereocenters. The molecule has 0 aliphatic rings. The van der Waals surface area contributed by atoms with Crippen molar-refractivity contribution in [1.82, 2.24) is 9.55 Å². The molecule has 2 aromatic carbocycles. The summed E-state index contributed by atoms with van der Waals surface area (Å²) in [5, 5.41) is 1.38. The molecule has 0 N–H and O–H groups in total. The smallest absolute Gasteiger partial charge is 0.266 e. The van der Waals surface area contributed by atoms with Crippen molar-refractivity contribution >= 4 is 38.6 Å². The summed E-state index contributed by atoms with van der Waals surface area (Å²) in [4.78, 5) is 17.8. The number of unbranched alkanes of at least 4 members (excludes halogenated alkanes) is 1. The van der Waals surface area contributed by atoms with E-state index in [-0.39, 0.29) is 5.56 Å². The zero-order valence-electron chi connectivity index (χ0n) is 12.8. The Morgan fingerprint density at radius 3 is 2.70 bits per heavy atom. The van der Waals surface area contributed by atoms with E-state index in [1.54, 1.807) is 16.3 Å². The molecule has 0 radical (unpaired) electrons. The average molecular weight is 389 g/mol. The summed E-state index contributed by atoms with van der Waals surface area (Å²) in [5.41, 5.74) is 1.57. The Balaban J connectivity index is 2.22. The largest absolute Gasteiger partial charge is 0.268 e. The van der Waals surface area contributed by atoms with Crippen LogP contribution in [0.5, 0.6) is 0 Å². The average Bonchev–Trinajstić information content (AvgIpc) is 2.57. The van der Waals surface area contributed by atoms with Crippen molar-refractivity contribution in [2.45, 2.75) is 24.9 Å². The van der Waals surface area contributed by atoms with Crippen LogP contribution in [0.4, 0.5) is 0 Å². The fraction of sp³-hybridized carbons (Fsp3) is 0.222. The van der Waals surface area contributed by atoms with Gasteiger partial charge in [-0.05, 0) is 36.8 Å². The van der Waals surface area contributed by atoms with E-state index in [1.807, 2.05) is 48.5 Å². The highest BCUT2D eigenvalue weighted by Crippen LogP contribution is 2.23. The van der Waals surface area contributed by atoms with E-state index in [4.69, 9.17) is 4.98 Å². The predicted molar refractivity (Wildman–Crippen MR) is 101 cm³/mol. The molecule has 118 valence electrons. The fourth-order valence-electron chi connectivity index (χ4n) is 2.35. The number of nitrogens with zero attached hydrogens (tertiary/aromatic N) is 2. The number of hydrogen-bond acceptors (Lipinski definition) is 3. The summed E-state index contributed by atoms with van der Waals surface area (Å²) < 4.78 is 2.60. The third-order valence-electron chi connectivity index (χ3n) is 3.54. The molecule has 0 aliphatic heterocycles. The number of thioether (sulfide) groups is 1. The minimum Gasteiger partial charge on any atom is -0.268 e. The van der Waals surface area contributed by atoms with Crippen LogP contribution in [-0.2, 0) is 0 Å². The molecule has 5 heteroatoms. The number of benzene rings is 2. The van der Waals surface area contributed by atoms with Crippen LogP contribution in [0, 0.1) is 0 Å². The number of rotatable bonds is 5. The summed E-state index contributed by atoms with van der Waals surface area (Å²) in [6.45, 7) is 2.16. The van der Waals surface area contributed by atoms with Crippen molar-refractivity contribution in [2.75, 3.05) is 5.75 Å². The lowest BCUT2D eigenvalue weighted by Gasteiger charge is -2.13. The first-order chi connectivity index (χ1) is 11.2. The second-order valence-corrected chi connectivity index (χ2v) is 7.21. The Bertz CT molecular complexity index is 877. The Morgan fingerprint density at radius 2 is 1.96 bits per heavy atom. The van der Waals surface area contributed by atoms with Gasteiger partial charge in [-0.1, -0.05) is 59.2 Å². The van der Waals surface area contributed by atoms with Crippen molar-refractivity contribution in [2.24, 2.45) is 0 Å². The maximum absolute atomic E-state index is 13.0. The second kappa shape index (κ2) is 7.32. The Kier molecular flexibility index (Phi) is 5.18. The minimum atomic E-state index is -0.0264. The van der Waals surface area contributed by atoms with Crippen molar-refractivity contribution in [3.05, 3.63) is 63.4 Å². The van der Waals surface area contributed by atoms with Crippen molar-refractivity contribution in [3.8, 4) is 5.69 Å². The summed E-state index contributed by atoms with van der Waals surface area (Å²) in [5.74, 6) is 0.956. The van der Waals surface area contributed by atoms with Crippen LogP contribution in [-0.4, -0.2) is 15.3 Å². The molecule has 0 spiro atoms. The molecule has 1 heterocycles. The SMILES string of the molecule is CCCCSc1nc2ccc(Br)cc2c(=O)n1-c1ccccc1. The molecule has 0 amide bonds. The van der Waals surface area contributed by atoms with Crippen LogP contribution in [0.1, 0.15) is 19.8 Å². The molecule has 3 aromatic rings. The zero-order valence-corrected chi connectivity index (χ0v) is 15.2. The van der Waals surface area contributed by atoms with Gasteiger partial charge in [0.15, 0.2) is 5.16 Å².